The van der Waals surface area contributed by atoms with Crippen molar-refractivity contribution in [2.24, 2.45) is 17.2 Å². The van der Waals surface area contributed by atoms with Crippen molar-refractivity contribution in [3.8, 4) is 0 Å². The Hall–Kier alpha value is -6.37. The summed E-state index contributed by atoms with van der Waals surface area (Å²) >= 11 is 0. The highest BCUT2D eigenvalue weighted by Crippen LogP contribution is 2.20. The van der Waals surface area contributed by atoms with Crippen molar-refractivity contribution in [2.45, 2.75) is 82.6 Å². The van der Waals surface area contributed by atoms with E-state index < -0.39 is 47.9 Å². The summed E-state index contributed by atoms with van der Waals surface area (Å²) in [6.07, 6.45) is 10.6. The number of fused-ring (bicyclic) bond motifs is 2. The van der Waals surface area contributed by atoms with Crippen molar-refractivity contribution in [1.29, 1.82) is 0 Å². The Morgan fingerprint density at radius 2 is 1.63 bits per heavy atom. The van der Waals surface area contributed by atoms with Crippen LogP contribution in [0.4, 0.5) is 0 Å². The molecule has 0 bridgehead atoms. The Morgan fingerprint density at radius 1 is 0.950 bits per heavy atom. The van der Waals surface area contributed by atoms with Gasteiger partial charge in [0.1, 0.15) is 24.4 Å². The quantitative estimate of drug-likeness (QED) is 0.0433. The molecule has 4 heterocycles. The fourth-order valence-corrected chi connectivity index (χ4v) is 6.79. The smallest absolute Gasteiger partial charge is 0.245 e. The van der Waals surface area contributed by atoms with E-state index in [1.807, 2.05) is 42.7 Å². The number of carbonyl (C=O) groups is 6. The first-order valence-corrected chi connectivity index (χ1v) is 20.0. The summed E-state index contributed by atoms with van der Waals surface area (Å²) < 4.78 is 0. The van der Waals surface area contributed by atoms with E-state index in [0.29, 0.717) is 32.2 Å². The van der Waals surface area contributed by atoms with E-state index in [1.54, 1.807) is 20.2 Å². The van der Waals surface area contributed by atoms with Crippen molar-refractivity contribution in [2.75, 3.05) is 26.7 Å². The molecular formula is C42H58N12O6. The fraction of sp³-hybridized carbons (Fsp3) is 0.405. The van der Waals surface area contributed by atoms with Gasteiger partial charge in [0, 0.05) is 65.5 Å². The lowest BCUT2D eigenvalue weighted by Crippen LogP contribution is -2.54. The number of para-hydroxylation sites is 2. The molecule has 3 aromatic heterocycles. The number of likely N-dealkylation sites (tertiary alicyclic amines) is 1. The molecule has 13 N–H and O–H groups in total. The van der Waals surface area contributed by atoms with Crippen molar-refractivity contribution >= 4 is 57.6 Å². The van der Waals surface area contributed by atoms with Crippen LogP contribution in [0.5, 0.6) is 0 Å². The van der Waals surface area contributed by atoms with Crippen LogP contribution in [-0.2, 0) is 41.6 Å². The number of amides is 5. The van der Waals surface area contributed by atoms with Crippen LogP contribution >= 0.6 is 0 Å². The maximum absolute atomic E-state index is 12.7. The number of primary amides is 1. The number of nitrogens with two attached hydrogens (primary N) is 3. The number of likely N-dealkylation sites (N-methyl/N-ethyl adjacent to an activating group) is 1. The monoisotopic (exact) mass is 826 g/mol. The summed E-state index contributed by atoms with van der Waals surface area (Å²) in [6, 6.07) is 12.4. The second-order valence-electron chi connectivity index (χ2n) is 14.6. The van der Waals surface area contributed by atoms with E-state index in [0.717, 1.165) is 35.0 Å². The van der Waals surface area contributed by atoms with Crippen LogP contribution in [0.2, 0.25) is 0 Å². The van der Waals surface area contributed by atoms with Crippen LogP contribution < -0.4 is 38.5 Å². The first-order valence-electron chi connectivity index (χ1n) is 20.0. The number of hydrogen-bond donors (Lipinski definition) is 10. The summed E-state index contributed by atoms with van der Waals surface area (Å²) in [5.41, 5.74) is 21.9. The number of nitrogens with zero attached hydrogens (tertiary/aromatic N) is 2. The second-order valence-corrected chi connectivity index (χ2v) is 14.6. The zero-order valence-electron chi connectivity index (χ0n) is 34.3. The largest absolute Gasteiger partial charge is 0.368 e. The number of imidazole rings is 1. The van der Waals surface area contributed by atoms with Crippen molar-refractivity contribution < 1.29 is 28.8 Å². The molecule has 0 saturated carbocycles. The molecule has 60 heavy (non-hydrogen) atoms. The molecule has 18 nitrogen and oxygen atoms in total. The third kappa shape index (κ3) is 13.3. The highest BCUT2D eigenvalue weighted by molar-refractivity contribution is 5.94. The third-order valence-corrected chi connectivity index (χ3v) is 9.98. The summed E-state index contributed by atoms with van der Waals surface area (Å²) in [5.74, 6) is -1.90. The lowest BCUT2D eigenvalue weighted by molar-refractivity contribution is -0.138. The summed E-state index contributed by atoms with van der Waals surface area (Å²) in [4.78, 5) is 86.2. The minimum atomic E-state index is -0.878. The highest BCUT2D eigenvalue weighted by atomic mass is 16.2. The molecule has 2 aromatic carbocycles. The van der Waals surface area contributed by atoms with Gasteiger partial charge in [0.2, 0.25) is 29.5 Å². The van der Waals surface area contributed by atoms with Crippen LogP contribution in [0.3, 0.4) is 0 Å². The van der Waals surface area contributed by atoms with Gasteiger partial charge in [0.15, 0.2) is 0 Å². The number of carbonyl (C=O) groups excluding carboxylic acids is 6. The van der Waals surface area contributed by atoms with Crippen LogP contribution in [-0.4, -0.2) is 118 Å². The van der Waals surface area contributed by atoms with E-state index in [1.165, 1.54) is 27.7 Å². The van der Waals surface area contributed by atoms with Crippen molar-refractivity contribution in [3.05, 3.63) is 90.3 Å². The molecule has 0 spiro atoms. The van der Waals surface area contributed by atoms with E-state index in [9.17, 15) is 28.8 Å². The van der Waals surface area contributed by atoms with Gasteiger partial charge in [-0.2, -0.15) is 0 Å². The van der Waals surface area contributed by atoms with Crippen LogP contribution in [0, 0.1) is 6.92 Å². The van der Waals surface area contributed by atoms with Gasteiger partial charge < -0.3 is 63.1 Å². The standard InChI is InChI=1S/C20H24N6O3.C13H25N5O3.C9H9N/c1-12(10-27)25-20(29)18(6-13-8-23-17-5-3-2-4-15(13)17)26-19(28)16(21)7-14-9-22-11-24-14;1-16-8-11(19)17-9-5-7-18(13(9)21)10(12(15)20)4-2-3-6-14;1-7-6-10-9-5-3-2-4-8(7)9/h2-5,8-12,16,18,23H,6-7,21H2,1H3,(H,22,24)(H,25,29)(H,26,28);9-10,16H,2-8,14H2,1H3,(H2,15,20)(H,17,19);2-6,10H,1H3. The van der Waals surface area contributed by atoms with Gasteiger partial charge in [-0.25, -0.2) is 4.98 Å². The molecular weight excluding hydrogens is 769 g/mol. The predicted molar refractivity (Wildman–Crippen MR) is 229 cm³/mol. The zero-order chi connectivity index (χ0) is 43.6. The van der Waals surface area contributed by atoms with Gasteiger partial charge >= 0.3 is 0 Å². The lowest BCUT2D eigenvalue weighted by atomic mass is 10.0. The SMILES string of the molecule is CC(C=O)NC(=O)C(Cc1c[nH]c2ccccc12)NC(=O)C(N)Cc1cnc[nH]1.CNCC(=O)NC1CCN(C(CCCCN)C(N)=O)C1=O.Cc1c[nH]c2ccccc12. The van der Waals surface area contributed by atoms with Gasteiger partial charge in [0.05, 0.1) is 25.0 Å². The number of rotatable bonds is 18. The number of aryl methyl sites for hydroxylation is 1. The maximum atomic E-state index is 12.7. The lowest BCUT2D eigenvalue weighted by Gasteiger charge is -2.25. The third-order valence-electron chi connectivity index (χ3n) is 9.98. The predicted octanol–water partition coefficient (Wildman–Crippen LogP) is 0.574. The topological polar surface area (TPSA) is 292 Å². The molecule has 6 rings (SSSR count). The number of aromatic nitrogens is 4. The van der Waals surface area contributed by atoms with Gasteiger partial charge in [0.25, 0.3) is 0 Å². The van der Waals surface area contributed by atoms with Crippen molar-refractivity contribution in [3.63, 3.8) is 0 Å². The van der Waals surface area contributed by atoms with E-state index >= 15 is 0 Å². The van der Waals surface area contributed by atoms with Gasteiger partial charge in [-0.05, 0) is 76.4 Å². The Labute approximate surface area is 348 Å². The number of aldehydes is 1. The van der Waals surface area contributed by atoms with Gasteiger partial charge in [-0.15, -0.1) is 0 Å². The number of aromatic amines is 3. The minimum absolute atomic E-state index is 0.152. The Morgan fingerprint density at radius 3 is 2.27 bits per heavy atom. The average Bonchev–Trinajstić information content (AvgIpc) is 4.06. The van der Waals surface area contributed by atoms with Gasteiger partial charge in [-0.3, -0.25) is 24.0 Å². The number of benzene rings is 2. The molecule has 5 aromatic rings. The number of H-pyrrole nitrogens is 3. The average molecular weight is 827 g/mol. The molecule has 0 aliphatic carbocycles. The molecule has 0 radical (unpaired) electrons. The number of unbranched alkanes of at least 4 members (excludes halogenated alkanes) is 1. The molecule has 5 amide bonds. The fourth-order valence-electron chi connectivity index (χ4n) is 6.79. The molecule has 1 saturated heterocycles. The maximum Gasteiger partial charge on any atom is 0.245 e. The number of nitrogens with one attached hydrogen (secondary N) is 7. The Balaban J connectivity index is 0.000000222. The van der Waals surface area contributed by atoms with Gasteiger partial charge in [-0.1, -0.05) is 36.4 Å². The Kier molecular flexibility index (Phi) is 18.0. The molecule has 5 atom stereocenters. The molecule has 18 heteroatoms. The van der Waals surface area contributed by atoms with Crippen LogP contribution in [0.15, 0.2) is 73.4 Å². The first kappa shape index (κ1) is 46.3. The van der Waals surface area contributed by atoms with E-state index in [2.05, 4.69) is 66.3 Å². The summed E-state index contributed by atoms with van der Waals surface area (Å²) in [5, 5.41) is 13.0. The van der Waals surface area contributed by atoms with E-state index in [4.69, 9.17) is 17.2 Å². The normalized spacial score (nSPS) is 15.4. The minimum Gasteiger partial charge on any atom is -0.368 e. The van der Waals surface area contributed by atoms with Crippen molar-refractivity contribution in [1.82, 2.24) is 46.1 Å². The molecule has 322 valence electrons. The molecule has 5 unspecified atom stereocenters. The molecule has 1 aliphatic rings. The van der Waals surface area contributed by atoms with Crippen LogP contribution in [0.1, 0.15) is 49.4 Å². The zero-order valence-corrected chi connectivity index (χ0v) is 34.3. The molecule has 1 aliphatic heterocycles. The Bertz CT molecular complexity index is 2170. The first-order chi connectivity index (χ1) is 28.9. The summed E-state index contributed by atoms with van der Waals surface area (Å²) in [7, 11) is 1.66. The number of hydrogen-bond acceptors (Lipinski definition) is 10. The molecule has 1 fully saturated rings. The second kappa shape index (κ2) is 23.3. The highest BCUT2D eigenvalue weighted by Gasteiger charge is 2.38. The summed E-state index contributed by atoms with van der Waals surface area (Å²) in [6.45, 7) is 4.81. The van der Waals surface area contributed by atoms with Crippen LogP contribution in [0.25, 0.3) is 21.8 Å². The van der Waals surface area contributed by atoms with E-state index in [-0.39, 0.29) is 31.2 Å².